The molecule has 0 aliphatic rings. The van der Waals surface area contributed by atoms with Crippen LogP contribution >= 0.6 is 0 Å². The lowest BCUT2D eigenvalue weighted by Gasteiger charge is -2.17. The Balaban J connectivity index is 2.08. The molecule has 2 rings (SSSR count). The summed E-state index contributed by atoms with van der Waals surface area (Å²) in [6, 6.07) is 15.0. The normalized spacial score (nSPS) is 13.8. The molecule has 2 N–H and O–H groups in total. The predicted molar refractivity (Wildman–Crippen MR) is 78.7 cm³/mol. The number of hydrogen-bond donors (Lipinski definition) is 2. The van der Waals surface area contributed by atoms with Crippen molar-refractivity contribution in [2.24, 2.45) is 0 Å². The van der Waals surface area contributed by atoms with Gasteiger partial charge in [-0.25, -0.2) is 0 Å². The summed E-state index contributed by atoms with van der Waals surface area (Å²) in [5.74, 6) is 0.612. The first kappa shape index (κ1) is 14.6. The summed E-state index contributed by atoms with van der Waals surface area (Å²) >= 11 is 0. The van der Waals surface area contributed by atoms with Gasteiger partial charge in [-0.1, -0.05) is 42.0 Å². The van der Waals surface area contributed by atoms with Crippen LogP contribution < -0.4 is 4.74 Å². The zero-order valence-corrected chi connectivity index (χ0v) is 11.8. The molecule has 3 nitrogen and oxygen atoms in total. The van der Waals surface area contributed by atoms with E-state index in [1.807, 2.05) is 55.5 Å². The summed E-state index contributed by atoms with van der Waals surface area (Å²) in [7, 11) is 0. The summed E-state index contributed by atoms with van der Waals surface area (Å²) in [6.07, 6.45) is -1.28. The maximum absolute atomic E-state index is 10.1. The summed E-state index contributed by atoms with van der Waals surface area (Å²) in [4.78, 5) is 0. The van der Waals surface area contributed by atoms with Crippen molar-refractivity contribution in [3.8, 4) is 5.75 Å². The summed E-state index contributed by atoms with van der Waals surface area (Å²) in [5.41, 5.74) is 2.63. The van der Waals surface area contributed by atoms with Crippen molar-refractivity contribution in [3.63, 3.8) is 0 Å². The molecule has 106 valence electrons. The fraction of sp³-hybridized carbons (Fsp3) is 0.294. The van der Waals surface area contributed by atoms with Gasteiger partial charge in [0.2, 0.25) is 0 Å². The van der Waals surface area contributed by atoms with Gasteiger partial charge < -0.3 is 14.9 Å². The molecule has 0 saturated carbocycles. The standard InChI is InChI=1S/C17H20O3/c1-12-8-9-17(15(10-12)13(2)18)20-11-16(19)14-6-4-3-5-7-14/h3-10,13,16,18-19H,11H2,1-2H3/t13-,16?/m1/s1. The molecule has 0 aliphatic heterocycles. The van der Waals surface area contributed by atoms with Crippen molar-refractivity contribution in [2.45, 2.75) is 26.1 Å². The van der Waals surface area contributed by atoms with Crippen molar-refractivity contribution in [3.05, 3.63) is 65.2 Å². The van der Waals surface area contributed by atoms with Crippen LogP contribution in [0.15, 0.2) is 48.5 Å². The van der Waals surface area contributed by atoms with Crippen LogP contribution in [0.1, 0.15) is 35.8 Å². The highest BCUT2D eigenvalue weighted by Gasteiger charge is 2.12. The number of aryl methyl sites for hydroxylation is 1. The molecule has 0 aliphatic carbocycles. The lowest BCUT2D eigenvalue weighted by Crippen LogP contribution is -2.11. The Morgan fingerprint density at radius 1 is 1.05 bits per heavy atom. The maximum Gasteiger partial charge on any atom is 0.125 e. The molecule has 0 saturated heterocycles. The molecule has 0 spiro atoms. The van der Waals surface area contributed by atoms with Crippen LogP contribution in [0.2, 0.25) is 0 Å². The van der Waals surface area contributed by atoms with Crippen molar-refractivity contribution < 1.29 is 14.9 Å². The van der Waals surface area contributed by atoms with Crippen LogP contribution in [-0.4, -0.2) is 16.8 Å². The van der Waals surface area contributed by atoms with Crippen molar-refractivity contribution in [1.29, 1.82) is 0 Å². The summed E-state index contributed by atoms with van der Waals surface area (Å²) in [6.45, 7) is 3.83. The minimum Gasteiger partial charge on any atom is -0.490 e. The average Bonchev–Trinajstić information content (AvgIpc) is 2.46. The van der Waals surface area contributed by atoms with E-state index in [9.17, 15) is 10.2 Å². The molecule has 0 amide bonds. The van der Waals surface area contributed by atoms with Crippen LogP contribution in [0, 0.1) is 6.92 Å². The molecule has 3 heteroatoms. The first-order valence-corrected chi connectivity index (χ1v) is 6.72. The van der Waals surface area contributed by atoms with E-state index in [-0.39, 0.29) is 6.61 Å². The number of rotatable bonds is 5. The van der Waals surface area contributed by atoms with Gasteiger partial charge in [0.25, 0.3) is 0 Å². The van der Waals surface area contributed by atoms with Gasteiger partial charge in [-0.15, -0.1) is 0 Å². The van der Waals surface area contributed by atoms with Crippen molar-refractivity contribution in [1.82, 2.24) is 0 Å². The maximum atomic E-state index is 10.1. The SMILES string of the molecule is Cc1ccc(OCC(O)c2ccccc2)c([C@@H](C)O)c1. The van der Waals surface area contributed by atoms with E-state index in [0.717, 1.165) is 16.7 Å². The first-order chi connectivity index (χ1) is 9.58. The van der Waals surface area contributed by atoms with E-state index in [2.05, 4.69) is 0 Å². The lowest BCUT2D eigenvalue weighted by molar-refractivity contribution is 0.105. The Bertz CT molecular complexity index is 549. The molecule has 2 atom stereocenters. The van der Waals surface area contributed by atoms with Gasteiger partial charge in [-0.2, -0.15) is 0 Å². The molecule has 1 unspecified atom stereocenters. The van der Waals surface area contributed by atoms with Crippen LogP contribution in [0.4, 0.5) is 0 Å². The number of aliphatic hydroxyl groups is 2. The molecular formula is C17H20O3. The number of aliphatic hydroxyl groups excluding tert-OH is 2. The zero-order valence-electron chi connectivity index (χ0n) is 11.8. The van der Waals surface area contributed by atoms with E-state index < -0.39 is 12.2 Å². The highest BCUT2D eigenvalue weighted by atomic mass is 16.5. The monoisotopic (exact) mass is 272 g/mol. The third-order valence-electron chi connectivity index (χ3n) is 3.20. The fourth-order valence-electron chi connectivity index (χ4n) is 2.07. The van der Waals surface area contributed by atoms with Gasteiger partial charge in [0.15, 0.2) is 0 Å². The summed E-state index contributed by atoms with van der Waals surface area (Å²) < 4.78 is 5.66. The van der Waals surface area contributed by atoms with Gasteiger partial charge in [-0.3, -0.25) is 0 Å². The average molecular weight is 272 g/mol. The molecule has 0 aromatic heterocycles. The van der Waals surface area contributed by atoms with Crippen LogP contribution in [0.5, 0.6) is 5.75 Å². The Morgan fingerprint density at radius 3 is 2.40 bits per heavy atom. The topological polar surface area (TPSA) is 49.7 Å². The number of hydrogen-bond acceptors (Lipinski definition) is 3. The fourth-order valence-corrected chi connectivity index (χ4v) is 2.07. The second-order valence-electron chi connectivity index (χ2n) is 4.95. The first-order valence-electron chi connectivity index (χ1n) is 6.72. The molecule has 0 fully saturated rings. The molecule has 0 heterocycles. The van der Waals surface area contributed by atoms with Gasteiger partial charge >= 0.3 is 0 Å². The van der Waals surface area contributed by atoms with E-state index in [1.165, 1.54) is 0 Å². The molecule has 0 bridgehead atoms. The third kappa shape index (κ3) is 3.59. The van der Waals surface area contributed by atoms with Gasteiger partial charge in [0.1, 0.15) is 18.5 Å². The Morgan fingerprint density at radius 2 is 1.75 bits per heavy atom. The van der Waals surface area contributed by atoms with Gasteiger partial charge in [0, 0.05) is 5.56 Å². The van der Waals surface area contributed by atoms with E-state index >= 15 is 0 Å². The minimum absolute atomic E-state index is 0.160. The van der Waals surface area contributed by atoms with Crippen LogP contribution in [0.25, 0.3) is 0 Å². The Labute approximate surface area is 119 Å². The van der Waals surface area contributed by atoms with Crippen molar-refractivity contribution >= 4 is 0 Å². The largest absolute Gasteiger partial charge is 0.490 e. The highest BCUT2D eigenvalue weighted by Crippen LogP contribution is 2.27. The van der Waals surface area contributed by atoms with E-state index in [1.54, 1.807) is 6.92 Å². The molecular weight excluding hydrogens is 252 g/mol. The summed E-state index contributed by atoms with van der Waals surface area (Å²) in [5, 5.41) is 19.8. The smallest absolute Gasteiger partial charge is 0.125 e. The number of benzene rings is 2. The Hall–Kier alpha value is -1.84. The Kier molecular flexibility index (Phi) is 4.77. The van der Waals surface area contributed by atoms with Crippen molar-refractivity contribution in [2.75, 3.05) is 6.61 Å². The van der Waals surface area contributed by atoms with E-state index in [0.29, 0.717) is 5.75 Å². The van der Waals surface area contributed by atoms with Gasteiger partial charge in [-0.05, 0) is 31.5 Å². The second kappa shape index (κ2) is 6.55. The number of ether oxygens (including phenoxy) is 1. The zero-order chi connectivity index (χ0) is 14.5. The molecule has 2 aromatic carbocycles. The quantitative estimate of drug-likeness (QED) is 0.879. The molecule has 2 aromatic rings. The van der Waals surface area contributed by atoms with Crippen LogP contribution in [-0.2, 0) is 0 Å². The predicted octanol–water partition coefficient (Wildman–Crippen LogP) is 3.16. The third-order valence-corrected chi connectivity index (χ3v) is 3.20. The second-order valence-corrected chi connectivity index (χ2v) is 4.95. The lowest BCUT2D eigenvalue weighted by atomic mass is 10.1. The minimum atomic E-state index is -0.681. The molecule has 20 heavy (non-hydrogen) atoms. The van der Waals surface area contributed by atoms with Gasteiger partial charge in [0.05, 0.1) is 6.10 Å². The van der Waals surface area contributed by atoms with Crippen LogP contribution in [0.3, 0.4) is 0 Å². The molecule has 0 radical (unpaired) electrons. The highest BCUT2D eigenvalue weighted by molar-refractivity contribution is 5.38. The van der Waals surface area contributed by atoms with E-state index in [4.69, 9.17) is 4.74 Å².